The van der Waals surface area contributed by atoms with Crippen molar-refractivity contribution in [1.82, 2.24) is 14.9 Å². The van der Waals surface area contributed by atoms with Gasteiger partial charge in [-0.15, -0.1) is 0 Å². The molecule has 2 aromatic rings. The predicted molar refractivity (Wildman–Crippen MR) is 96.9 cm³/mol. The molecule has 0 spiro atoms. The Balaban J connectivity index is 2.02. The predicted octanol–water partition coefficient (Wildman–Crippen LogP) is 1.56. The molecule has 1 atom stereocenters. The number of fused-ring (bicyclic) bond motifs is 1. The number of halogens is 1. The maximum Gasteiger partial charge on any atom is 0.285 e. The van der Waals surface area contributed by atoms with Crippen LogP contribution in [-0.4, -0.2) is 43.1 Å². The van der Waals surface area contributed by atoms with Gasteiger partial charge >= 0.3 is 0 Å². The molecule has 1 aliphatic heterocycles. The van der Waals surface area contributed by atoms with Crippen LogP contribution in [-0.2, 0) is 21.9 Å². The molecule has 0 aliphatic carbocycles. The summed E-state index contributed by atoms with van der Waals surface area (Å²) >= 11 is 6.09. The van der Waals surface area contributed by atoms with Crippen molar-refractivity contribution in [3.63, 3.8) is 0 Å². The summed E-state index contributed by atoms with van der Waals surface area (Å²) in [5.41, 5.74) is 0.341. The SMILES string of the molecule is CCCNC(=O)C1CN(S(=O)(=O)c2ncn(C)c2Cl)c2ccccc2O1. The van der Waals surface area contributed by atoms with E-state index in [1.807, 2.05) is 6.92 Å². The summed E-state index contributed by atoms with van der Waals surface area (Å²) in [4.78, 5) is 16.3. The van der Waals surface area contributed by atoms with Crippen LogP contribution in [0.15, 0.2) is 35.6 Å². The summed E-state index contributed by atoms with van der Waals surface area (Å²) < 4.78 is 34.5. The molecule has 26 heavy (non-hydrogen) atoms. The summed E-state index contributed by atoms with van der Waals surface area (Å²) in [6.45, 7) is 2.25. The minimum atomic E-state index is -4.06. The van der Waals surface area contributed by atoms with Crippen molar-refractivity contribution in [2.45, 2.75) is 24.5 Å². The van der Waals surface area contributed by atoms with Gasteiger partial charge in [0, 0.05) is 13.6 Å². The summed E-state index contributed by atoms with van der Waals surface area (Å²) in [5, 5.41) is 2.47. The summed E-state index contributed by atoms with van der Waals surface area (Å²) in [6.07, 6.45) is 1.13. The van der Waals surface area contributed by atoms with Gasteiger partial charge in [0.15, 0.2) is 6.10 Å². The van der Waals surface area contributed by atoms with Gasteiger partial charge in [-0.2, -0.15) is 8.42 Å². The molecule has 0 fully saturated rings. The van der Waals surface area contributed by atoms with Crippen molar-refractivity contribution in [3.8, 4) is 5.75 Å². The van der Waals surface area contributed by atoms with Gasteiger partial charge in [-0.1, -0.05) is 30.7 Å². The lowest BCUT2D eigenvalue weighted by Gasteiger charge is -2.34. The van der Waals surface area contributed by atoms with Crippen LogP contribution in [0.2, 0.25) is 5.15 Å². The van der Waals surface area contributed by atoms with Crippen LogP contribution in [0.25, 0.3) is 0 Å². The van der Waals surface area contributed by atoms with Gasteiger partial charge in [0.1, 0.15) is 10.9 Å². The van der Waals surface area contributed by atoms with E-state index in [4.69, 9.17) is 16.3 Å². The van der Waals surface area contributed by atoms with E-state index in [2.05, 4.69) is 10.3 Å². The average Bonchev–Trinajstić information content (AvgIpc) is 2.98. The highest BCUT2D eigenvalue weighted by Crippen LogP contribution is 2.37. The Bertz CT molecular complexity index is 928. The topological polar surface area (TPSA) is 93.5 Å². The Labute approximate surface area is 156 Å². The van der Waals surface area contributed by atoms with E-state index < -0.39 is 16.1 Å². The number of ether oxygens (including phenoxy) is 1. The van der Waals surface area contributed by atoms with Crippen molar-refractivity contribution < 1.29 is 17.9 Å². The Hall–Kier alpha value is -2.26. The molecule has 0 radical (unpaired) electrons. The highest BCUT2D eigenvalue weighted by atomic mass is 35.5. The number of sulfonamides is 1. The number of para-hydroxylation sites is 2. The second-order valence-corrected chi connectivity index (χ2v) is 7.99. The number of hydrogen-bond acceptors (Lipinski definition) is 5. The first-order chi connectivity index (χ1) is 12.4. The number of benzene rings is 1. The van der Waals surface area contributed by atoms with Gasteiger partial charge in [0.2, 0.25) is 5.03 Å². The van der Waals surface area contributed by atoms with Gasteiger partial charge < -0.3 is 14.6 Å². The lowest BCUT2D eigenvalue weighted by Crippen LogP contribution is -2.50. The fraction of sp³-hybridized carbons (Fsp3) is 0.375. The van der Waals surface area contributed by atoms with Crippen LogP contribution >= 0.6 is 11.6 Å². The highest BCUT2D eigenvalue weighted by molar-refractivity contribution is 7.92. The average molecular weight is 399 g/mol. The van der Waals surface area contributed by atoms with Crippen LogP contribution in [0.4, 0.5) is 5.69 Å². The standard InChI is InChI=1S/C16H19ClN4O4S/c1-3-8-18-15(22)13-9-21(11-6-4-5-7-12(11)25-13)26(23,24)16-14(17)20(2)10-19-16/h4-7,10,13H,3,8-9H2,1-2H3,(H,18,22). The van der Waals surface area contributed by atoms with E-state index >= 15 is 0 Å². The fourth-order valence-corrected chi connectivity index (χ4v) is 4.47. The number of carbonyl (C=O) groups is 1. The van der Waals surface area contributed by atoms with Crippen molar-refractivity contribution in [2.75, 3.05) is 17.4 Å². The Morgan fingerprint density at radius 3 is 2.81 bits per heavy atom. The van der Waals surface area contributed by atoms with Crippen molar-refractivity contribution in [3.05, 3.63) is 35.7 Å². The smallest absolute Gasteiger partial charge is 0.285 e. The molecule has 1 aliphatic rings. The van der Waals surface area contributed by atoms with E-state index in [1.165, 1.54) is 10.9 Å². The molecule has 0 bridgehead atoms. The number of carbonyl (C=O) groups excluding carboxylic acids is 1. The molecule has 8 nitrogen and oxygen atoms in total. The van der Waals surface area contributed by atoms with Crippen LogP contribution in [0, 0.1) is 0 Å². The van der Waals surface area contributed by atoms with E-state index in [0.29, 0.717) is 18.0 Å². The quantitative estimate of drug-likeness (QED) is 0.824. The fourth-order valence-electron chi connectivity index (χ4n) is 2.60. The number of imidazole rings is 1. The third kappa shape index (κ3) is 3.24. The number of anilines is 1. The molecule has 1 unspecified atom stereocenters. The van der Waals surface area contributed by atoms with Crippen LogP contribution in [0.1, 0.15) is 13.3 Å². The first-order valence-electron chi connectivity index (χ1n) is 8.09. The van der Waals surface area contributed by atoms with Gasteiger partial charge in [-0.25, -0.2) is 4.98 Å². The molecule has 0 saturated carbocycles. The summed E-state index contributed by atoms with van der Waals surface area (Å²) in [5.74, 6) is -0.0558. The molecule has 10 heteroatoms. The van der Waals surface area contributed by atoms with Crippen LogP contribution < -0.4 is 14.4 Å². The molecule has 0 saturated heterocycles. The van der Waals surface area contributed by atoms with Gasteiger partial charge in [-0.05, 0) is 18.6 Å². The molecule has 140 valence electrons. The van der Waals surface area contributed by atoms with Gasteiger partial charge in [-0.3, -0.25) is 9.10 Å². The third-order valence-electron chi connectivity index (χ3n) is 3.95. The monoisotopic (exact) mass is 398 g/mol. The van der Waals surface area contributed by atoms with Crippen molar-refractivity contribution >= 4 is 33.2 Å². The number of nitrogens with zero attached hydrogens (tertiary/aromatic N) is 3. The number of rotatable bonds is 5. The van der Waals surface area contributed by atoms with Crippen molar-refractivity contribution in [2.24, 2.45) is 7.05 Å². The maximum atomic E-state index is 13.1. The van der Waals surface area contributed by atoms with E-state index in [1.54, 1.807) is 31.3 Å². The van der Waals surface area contributed by atoms with E-state index in [0.717, 1.165) is 10.7 Å². The van der Waals surface area contributed by atoms with Crippen LogP contribution in [0.5, 0.6) is 5.75 Å². The number of aromatic nitrogens is 2. The summed E-state index contributed by atoms with van der Waals surface area (Å²) in [7, 11) is -2.46. The van der Waals surface area contributed by atoms with E-state index in [-0.39, 0.29) is 22.6 Å². The third-order valence-corrected chi connectivity index (χ3v) is 6.22. The number of hydrogen-bond donors (Lipinski definition) is 1. The first kappa shape index (κ1) is 18.5. The second kappa shape index (κ2) is 7.16. The molecule has 3 rings (SSSR count). The van der Waals surface area contributed by atoms with E-state index in [9.17, 15) is 13.2 Å². The van der Waals surface area contributed by atoms with Crippen molar-refractivity contribution in [1.29, 1.82) is 0 Å². The molecular weight excluding hydrogens is 380 g/mol. The lowest BCUT2D eigenvalue weighted by molar-refractivity contribution is -0.127. The van der Waals surface area contributed by atoms with Gasteiger partial charge in [0.05, 0.1) is 18.6 Å². The zero-order valence-corrected chi connectivity index (χ0v) is 15.9. The zero-order valence-electron chi connectivity index (χ0n) is 14.3. The Morgan fingerprint density at radius 1 is 1.42 bits per heavy atom. The maximum absolute atomic E-state index is 13.1. The first-order valence-corrected chi connectivity index (χ1v) is 9.91. The molecule has 1 aromatic heterocycles. The molecule has 1 amide bonds. The number of amides is 1. The molecule has 2 heterocycles. The minimum Gasteiger partial charge on any atom is -0.476 e. The number of nitrogens with one attached hydrogen (secondary N) is 1. The largest absolute Gasteiger partial charge is 0.476 e. The normalized spacial score (nSPS) is 16.7. The molecular formula is C16H19ClN4O4S. The second-order valence-electron chi connectivity index (χ2n) is 5.85. The molecule has 1 aromatic carbocycles. The Kier molecular flexibility index (Phi) is 5.10. The number of aryl methyl sites for hydroxylation is 1. The zero-order chi connectivity index (χ0) is 18.9. The summed E-state index contributed by atoms with van der Waals surface area (Å²) in [6, 6.07) is 6.65. The molecule has 1 N–H and O–H groups in total. The van der Waals surface area contributed by atoms with Crippen LogP contribution in [0.3, 0.4) is 0 Å². The minimum absolute atomic E-state index is 0.000887. The lowest BCUT2D eigenvalue weighted by atomic mass is 10.2. The highest BCUT2D eigenvalue weighted by Gasteiger charge is 2.39. The van der Waals surface area contributed by atoms with Gasteiger partial charge in [0.25, 0.3) is 15.9 Å². The Morgan fingerprint density at radius 2 is 2.15 bits per heavy atom.